The quantitative estimate of drug-likeness (QED) is 0.517. The minimum atomic E-state index is -0.866. The van der Waals surface area contributed by atoms with Gasteiger partial charge in [-0.2, -0.15) is 0 Å². The Morgan fingerprint density at radius 3 is 2.26 bits per heavy atom. The van der Waals surface area contributed by atoms with E-state index in [0.29, 0.717) is 19.4 Å². The number of carbonyl (C=O) groups excluding carboxylic acids is 2. The molecule has 0 fully saturated rings. The molecular formula is C28H32N2O5. The molecule has 2 aliphatic rings. The largest absolute Gasteiger partial charge is 0.481 e. The zero-order valence-corrected chi connectivity index (χ0v) is 20.1. The van der Waals surface area contributed by atoms with Gasteiger partial charge in [-0.3, -0.25) is 9.59 Å². The van der Waals surface area contributed by atoms with Crippen LogP contribution in [0.1, 0.15) is 50.2 Å². The predicted molar refractivity (Wildman–Crippen MR) is 133 cm³/mol. The van der Waals surface area contributed by atoms with Crippen molar-refractivity contribution in [2.45, 2.75) is 51.1 Å². The minimum absolute atomic E-state index is 0.00741. The normalized spacial score (nSPS) is 18.3. The Labute approximate surface area is 205 Å². The van der Waals surface area contributed by atoms with E-state index in [2.05, 4.69) is 29.6 Å². The summed E-state index contributed by atoms with van der Waals surface area (Å²) in [5.41, 5.74) is 4.67. The number of alkyl carbamates (subject to hydrolysis) is 1. The van der Waals surface area contributed by atoms with Gasteiger partial charge < -0.3 is 20.1 Å². The molecule has 2 unspecified atom stereocenters. The number of carboxylic acid groups (broad SMARTS) is 1. The standard InChI is InChI=1S/C28H32N2O5/c1-18(2)30(15-7-12-26(31)32)27(33)19-13-14-20(16-19)29-28(34)35-17-25-23-10-5-3-8-21(23)22-9-4-6-11-24(22)25/h3-6,8-11,13-14,18-20,25H,7,12,15-17H2,1-2H3,(H,29,34)(H,31,32). The van der Waals surface area contributed by atoms with Gasteiger partial charge in [-0.15, -0.1) is 0 Å². The number of benzene rings is 2. The highest BCUT2D eigenvalue weighted by Crippen LogP contribution is 2.44. The van der Waals surface area contributed by atoms with Crippen LogP contribution in [0.2, 0.25) is 0 Å². The molecule has 2 aromatic rings. The van der Waals surface area contributed by atoms with Crippen molar-refractivity contribution in [1.29, 1.82) is 0 Å². The summed E-state index contributed by atoms with van der Waals surface area (Å²) in [5.74, 6) is -1.26. The lowest BCUT2D eigenvalue weighted by atomic mass is 9.98. The van der Waals surface area contributed by atoms with E-state index in [0.717, 1.165) is 11.1 Å². The fraction of sp³-hybridized carbons (Fsp3) is 0.393. The lowest BCUT2D eigenvalue weighted by Crippen LogP contribution is -2.42. The SMILES string of the molecule is CC(C)N(CCCC(=O)O)C(=O)C1C=CC(NC(=O)OCC2c3ccccc3-c3ccccc32)C1. The van der Waals surface area contributed by atoms with Crippen molar-refractivity contribution < 1.29 is 24.2 Å². The lowest BCUT2D eigenvalue weighted by molar-refractivity contribution is -0.139. The van der Waals surface area contributed by atoms with Crippen LogP contribution >= 0.6 is 0 Å². The molecule has 7 nitrogen and oxygen atoms in total. The molecule has 2 atom stereocenters. The molecule has 2 amide bonds. The van der Waals surface area contributed by atoms with E-state index >= 15 is 0 Å². The third-order valence-electron chi connectivity index (χ3n) is 6.74. The molecule has 2 N–H and O–H groups in total. The second kappa shape index (κ2) is 10.8. The number of ether oxygens (including phenoxy) is 1. The van der Waals surface area contributed by atoms with Gasteiger partial charge in [-0.05, 0) is 48.9 Å². The summed E-state index contributed by atoms with van der Waals surface area (Å²) in [4.78, 5) is 38.1. The maximum Gasteiger partial charge on any atom is 0.407 e. The average Bonchev–Trinajstić information content (AvgIpc) is 3.42. The number of nitrogens with zero attached hydrogens (tertiary/aromatic N) is 1. The highest BCUT2D eigenvalue weighted by molar-refractivity contribution is 5.82. The monoisotopic (exact) mass is 476 g/mol. The van der Waals surface area contributed by atoms with E-state index < -0.39 is 12.1 Å². The number of aliphatic carboxylic acids is 1. The third kappa shape index (κ3) is 5.56. The van der Waals surface area contributed by atoms with Gasteiger partial charge >= 0.3 is 12.1 Å². The molecule has 0 saturated heterocycles. The molecule has 0 aromatic heterocycles. The van der Waals surface area contributed by atoms with Crippen molar-refractivity contribution in [3.05, 3.63) is 71.8 Å². The average molecular weight is 477 g/mol. The summed E-state index contributed by atoms with van der Waals surface area (Å²) >= 11 is 0. The van der Waals surface area contributed by atoms with Crippen LogP contribution in [0.25, 0.3) is 11.1 Å². The van der Waals surface area contributed by atoms with Gasteiger partial charge in [0.1, 0.15) is 6.61 Å². The Morgan fingerprint density at radius 1 is 1.03 bits per heavy atom. The van der Waals surface area contributed by atoms with Crippen LogP contribution in [-0.2, 0) is 14.3 Å². The van der Waals surface area contributed by atoms with Crippen LogP contribution in [0.3, 0.4) is 0 Å². The van der Waals surface area contributed by atoms with Crippen molar-refractivity contribution in [1.82, 2.24) is 10.2 Å². The van der Waals surface area contributed by atoms with E-state index in [1.807, 2.05) is 50.3 Å². The Hall–Kier alpha value is -3.61. The molecule has 7 heteroatoms. The maximum absolute atomic E-state index is 13.0. The zero-order chi connectivity index (χ0) is 24.9. The number of fused-ring (bicyclic) bond motifs is 3. The van der Waals surface area contributed by atoms with Crippen molar-refractivity contribution in [3.8, 4) is 11.1 Å². The first kappa shape index (κ1) is 24.5. The Balaban J connectivity index is 1.30. The summed E-state index contributed by atoms with van der Waals surface area (Å²) in [6.45, 7) is 4.48. The molecule has 2 aliphatic carbocycles. The lowest BCUT2D eigenvalue weighted by Gasteiger charge is -2.29. The predicted octanol–water partition coefficient (Wildman–Crippen LogP) is 4.57. The molecule has 0 spiro atoms. The molecule has 35 heavy (non-hydrogen) atoms. The summed E-state index contributed by atoms with van der Waals surface area (Å²) in [6.07, 6.45) is 4.06. The minimum Gasteiger partial charge on any atom is -0.481 e. The fourth-order valence-corrected chi connectivity index (χ4v) is 5.02. The van der Waals surface area contributed by atoms with Gasteiger partial charge in [0.25, 0.3) is 0 Å². The van der Waals surface area contributed by atoms with Crippen molar-refractivity contribution in [2.24, 2.45) is 5.92 Å². The van der Waals surface area contributed by atoms with E-state index in [1.54, 1.807) is 4.90 Å². The van der Waals surface area contributed by atoms with Crippen molar-refractivity contribution in [2.75, 3.05) is 13.2 Å². The van der Waals surface area contributed by atoms with Gasteiger partial charge in [-0.1, -0.05) is 60.7 Å². The summed E-state index contributed by atoms with van der Waals surface area (Å²) < 4.78 is 5.62. The van der Waals surface area contributed by atoms with Crippen LogP contribution in [-0.4, -0.2) is 53.2 Å². The fourth-order valence-electron chi connectivity index (χ4n) is 5.02. The van der Waals surface area contributed by atoms with E-state index in [4.69, 9.17) is 9.84 Å². The van der Waals surface area contributed by atoms with Crippen LogP contribution in [0, 0.1) is 5.92 Å². The summed E-state index contributed by atoms with van der Waals surface area (Å²) in [6, 6.07) is 16.1. The molecule has 0 heterocycles. The second-order valence-corrected chi connectivity index (χ2v) is 9.43. The van der Waals surface area contributed by atoms with E-state index in [1.165, 1.54) is 11.1 Å². The van der Waals surface area contributed by atoms with Gasteiger partial charge in [0.2, 0.25) is 5.91 Å². The van der Waals surface area contributed by atoms with E-state index in [-0.39, 0.29) is 42.9 Å². The number of hydrogen-bond donors (Lipinski definition) is 2. The first-order chi connectivity index (χ1) is 16.8. The molecule has 4 rings (SSSR count). The van der Waals surface area contributed by atoms with Crippen molar-refractivity contribution >= 4 is 18.0 Å². The van der Waals surface area contributed by atoms with Gasteiger partial charge in [0.05, 0.1) is 12.0 Å². The Bertz CT molecular complexity index is 1080. The Kier molecular flexibility index (Phi) is 7.54. The molecule has 0 aliphatic heterocycles. The smallest absolute Gasteiger partial charge is 0.407 e. The third-order valence-corrected chi connectivity index (χ3v) is 6.74. The number of carbonyl (C=O) groups is 3. The van der Waals surface area contributed by atoms with Crippen LogP contribution in [0.5, 0.6) is 0 Å². The summed E-state index contributed by atoms with van der Waals surface area (Å²) in [5, 5.41) is 11.7. The number of amides is 2. The van der Waals surface area contributed by atoms with Gasteiger partial charge in [0.15, 0.2) is 0 Å². The van der Waals surface area contributed by atoms with E-state index in [9.17, 15) is 14.4 Å². The number of rotatable bonds is 9. The maximum atomic E-state index is 13.0. The molecule has 0 saturated carbocycles. The first-order valence-corrected chi connectivity index (χ1v) is 12.2. The van der Waals surface area contributed by atoms with Crippen LogP contribution in [0.15, 0.2) is 60.7 Å². The Morgan fingerprint density at radius 2 is 1.66 bits per heavy atom. The molecular weight excluding hydrogens is 444 g/mol. The molecule has 0 radical (unpaired) electrons. The molecule has 184 valence electrons. The van der Waals surface area contributed by atoms with Crippen molar-refractivity contribution in [3.63, 3.8) is 0 Å². The number of hydrogen-bond acceptors (Lipinski definition) is 4. The van der Waals surface area contributed by atoms with Crippen LogP contribution < -0.4 is 5.32 Å². The zero-order valence-electron chi connectivity index (χ0n) is 20.1. The number of nitrogens with one attached hydrogen (secondary N) is 1. The molecule has 0 bridgehead atoms. The second-order valence-electron chi connectivity index (χ2n) is 9.43. The highest BCUT2D eigenvalue weighted by Gasteiger charge is 2.32. The van der Waals surface area contributed by atoms with Crippen LogP contribution in [0.4, 0.5) is 4.79 Å². The first-order valence-electron chi connectivity index (χ1n) is 12.2. The number of carboxylic acids is 1. The van der Waals surface area contributed by atoms with Gasteiger partial charge in [-0.25, -0.2) is 4.79 Å². The van der Waals surface area contributed by atoms with Gasteiger partial charge in [0, 0.05) is 24.9 Å². The topological polar surface area (TPSA) is 95.9 Å². The highest BCUT2D eigenvalue weighted by atomic mass is 16.5. The molecule has 2 aromatic carbocycles. The summed E-state index contributed by atoms with van der Waals surface area (Å²) in [7, 11) is 0.